The lowest BCUT2D eigenvalue weighted by Crippen LogP contribution is -2.03. The standard InChI is InChI=1S/C11H11NO3S/c1-3-14-10(13)7-4-5-9-8(6-7)12-11(15-9)16-2/h4-6H,3H2,1-2H3. The van der Waals surface area contributed by atoms with Gasteiger partial charge in [-0.3, -0.25) is 0 Å². The van der Waals surface area contributed by atoms with E-state index in [1.54, 1.807) is 25.1 Å². The van der Waals surface area contributed by atoms with E-state index < -0.39 is 0 Å². The predicted octanol–water partition coefficient (Wildman–Crippen LogP) is 2.73. The van der Waals surface area contributed by atoms with Crippen molar-refractivity contribution in [2.75, 3.05) is 12.9 Å². The zero-order valence-electron chi connectivity index (χ0n) is 9.02. The third-order valence-corrected chi connectivity index (χ3v) is 2.58. The van der Waals surface area contributed by atoms with E-state index in [2.05, 4.69) is 4.98 Å². The van der Waals surface area contributed by atoms with Crippen LogP contribution in [0.5, 0.6) is 0 Å². The number of ether oxygens (including phenoxy) is 1. The first-order valence-electron chi connectivity index (χ1n) is 4.86. The van der Waals surface area contributed by atoms with Gasteiger partial charge in [-0.15, -0.1) is 0 Å². The summed E-state index contributed by atoms with van der Waals surface area (Å²) in [6.45, 7) is 2.14. The lowest BCUT2D eigenvalue weighted by Gasteiger charge is -2.00. The Kier molecular flexibility index (Phi) is 3.14. The summed E-state index contributed by atoms with van der Waals surface area (Å²) in [6, 6.07) is 5.08. The van der Waals surface area contributed by atoms with Crippen molar-refractivity contribution in [1.29, 1.82) is 0 Å². The van der Waals surface area contributed by atoms with Gasteiger partial charge in [0.1, 0.15) is 5.52 Å². The first-order chi connectivity index (χ1) is 7.74. The molecule has 84 valence electrons. The van der Waals surface area contributed by atoms with Gasteiger partial charge < -0.3 is 9.15 Å². The third-order valence-electron chi connectivity index (χ3n) is 2.05. The molecule has 1 heterocycles. The summed E-state index contributed by atoms with van der Waals surface area (Å²) in [4.78, 5) is 15.7. The molecule has 0 aliphatic rings. The van der Waals surface area contributed by atoms with Crippen molar-refractivity contribution in [2.24, 2.45) is 0 Å². The molecule has 0 amide bonds. The molecule has 2 aromatic rings. The average Bonchev–Trinajstić information content (AvgIpc) is 2.70. The Morgan fingerprint density at radius 2 is 2.38 bits per heavy atom. The van der Waals surface area contributed by atoms with Crippen LogP contribution >= 0.6 is 11.8 Å². The number of esters is 1. The highest BCUT2D eigenvalue weighted by Gasteiger charge is 2.10. The highest BCUT2D eigenvalue weighted by Crippen LogP contribution is 2.22. The lowest BCUT2D eigenvalue weighted by molar-refractivity contribution is 0.0526. The highest BCUT2D eigenvalue weighted by molar-refractivity contribution is 7.98. The van der Waals surface area contributed by atoms with E-state index in [1.165, 1.54) is 11.8 Å². The molecule has 0 spiro atoms. The average molecular weight is 237 g/mol. The molecule has 1 aromatic carbocycles. The number of oxazole rings is 1. The Morgan fingerprint density at radius 3 is 3.06 bits per heavy atom. The van der Waals surface area contributed by atoms with Crippen LogP contribution in [0.4, 0.5) is 0 Å². The topological polar surface area (TPSA) is 52.3 Å². The number of nitrogens with zero attached hydrogens (tertiary/aromatic N) is 1. The van der Waals surface area contributed by atoms with Gasteiger partial charge in [-0.25, -0.2) is 9.78 Å². The number of carbonyl (C=O) groups excluding carboxylic acids is 1. The van der Waals surface area contributed by atoms with Gasteiger partial charge in [0, 0.05) is 0 Å². The zero-order valence-corrected chi connectivity index (χ0v) is 9.84. The van der Waals surface area contributed by atoms with E-state index in [-0.39, 0.29) is 5.97 Å². The maximum atomic E-state index is 11.5. The van der Waals surface area contributed by atoms with Crippen LogP contribution in [0.1, 0.15) is 17.3 Å². The Hall–Kier alpha value is -1.49. The summed E-state index contributed by atoms with van der Waals surface area (Å²) in [5.74, 6) is -0.335. The SMILES string of the molecule is CCOC(=O)c1ccc2oc(SC)nc2c1. The zero-order chi connectivity index (χ0) is 11.5. The van der Waals surface area contributed by atoms with Crippen LogP contribution in [-0.4, -0.2) is 23.8 Å². The van der Waals surface area contributed by atoms with Crippen molar-refractivity contribution >= 4 is 28.8 Å². The van der Waals surface area contributed by atoms with Crippen LogP contribution in [0.3, 0.4) is 0 Å². The molecule has 2 rings (SSSR count). The van der Waals surface area contributed by atoms with Gasteiger partial charge in [-0.2, -0.15) is 0 Å². The minimum Gasteiger partial charge on any atom is -0.462 e. The fourth-order valence-electron chi connectivity index (χ4n) is 1.33. The molecule has 0 N–H and O–H groups in total. The Balaban J connectivity index is 2.39. The van der Waals surface area contributed by atoms with Gasteiger partial charge in [-0.05, 0) is 31.4 Å². The summed E-state index contributed by atoms with van der Waals surface area (Å²) in [5, 5.41) is 0.594. The highest BCUT2D eigenvalue weighted by atomic mass is 32.2. The summed E-state index contributed by atoms with van der Waals surface area (Å²) in [6.07, 6.45) is 1.89. The number of carbonyl (C=O) groups is 1. The predicted molar refractivity (Wildman–Crippen MR) is 61.7 cm³/mol. The van der Waals surface area contributed by atoms with Gasteiger partial charge in [0.25, 0.3) is 5.22 Å². The van der Waals surface area contributed by atoms with Crippen LogP contribution in [0.2, 0.25) is 0 Å². The van der Waals surface area contributed by atoms with Gasteiger partial charge in [-0.1, -0.05) is 11.8 Å². The van der Waals surface area contributed by atoms with Gasteiger partial charge in [0.15, 0.2) is 5.58 Å². The number of benzene rings is 1. The number of hydrogen-bond donors (Lipinski definition) is 0. The Bertz CT molecular complexity index is 521. The number of fused-ring (bicyclic) bond motifs is 1. The Labute approximate surface area is 97.0 Å². The molecule has 0 saturated carbocycles. The molecule has 0 radical (unpaired) electrons. The van der Waals surface area contributed by atoms with Crippen LogP contribution < -0.4 is 0 Å². The van der Waals surface area contributed by atoms with Crippen molar-refractivity contribution in [3.63, 3.8) is 0 Å². The lowest BCUT2D eigenvalue weighted by atomic mass is 10.2. The van der Waals surface area contributed by atoms with E-state index in [0.29, 0.717) is 28.5 Å². The maximum Gasteiger partial charge on any atom is 0.338 e. The van der Waals surface area contributed by atoms with Crippen LogP contribution in [0.15, 0.2) is 27.8 Å². The van der Waals surface area contributed by atoms with Gasteiger partial charge >= 0.3 is 5.97 Å². The molecular formula is C11H11NO3S. The number of thioether (sulfide) groups is 1. The maximum absolute atomic E-state index is 11.5. The molecule has 0 fully saturated rings. The van der Waals surface area contributed by atoms with Gasteiger partial charge in [0.05, 0.1) is 12.2 Å². The minimum atomic E-state index is -0.335. The smallest absolute Gasteiger partial charge is 0.338 e. The molecule has 0 atom stereocenters. The second kappa shape index (κ2) is 4.57. The normalized spacial score (nSPS) is 10.6. The van der Waals surface area contributed by atoms with Crippen molar-refractivity contribution < 1.29 is 13.9 Å². The monoisotopic (exact) mass is 237 g/mol. The largest absolute Gasteiger partial charge is 0.462 e. The molecule has 0 bridgehead atoms. The molecule has 0 aliphatic carbocycles. The van der Waals surface area contributed by atoms with Crippen molar-refractivity contribution in [2.45, 2.75) is 12.1 Å². The third kappa shape index (κ3) is 2.04. The number of hydrogen-bond acceptors (Lipinski definition) is 5. The van der Waals surface area contributed by atoms with Crippen molar-refractivity contribution in [1.82, 2.24) is 4.98 Å². The van der Waals surface area contributed by atoms with E-state index >= 15 is 0 Å². The van der Waals surface area contributed by atoms with Crippen LogP contribution in [0.25, 0.3) is 11.1 Å². The first-order valence-corrected chi connectivity index (χ1v) is 6.08. The number of rotatable bonds is 3. The molecule has 4 nitrogen and oxygen atoms in total. The molecule has 16 heavy (non-hydrogen) atoms. The fourth-order valence-corrected chi connectivity index (χ4v) is 1.70. The Morgan fingerprint density at radius 1 is 1.56 bits per heavy atom. The van der Waals surface area contributed by atoms with Crippen molar-refractivity contribution in [3.8, 4) is 0 Å². The van der Waals surface area contributed by atoms with E-state index in [4.69, 9.17) is 9.15 Å². The van der Waals surface area contributed by atoms with E-state index in [1.807, 2.05) is 6.26 Å². The summed E-state index contributed by atoms with van der Waals surface area (Å²) in [7, 11) is 0. The minimum absolute atomic E-state index is 0.335. The molecular weight excluding hydrogens is 226 g/mol. The van der Waals surface area contributed by atoms with Crippen molar-refractivity contribution in [3.05, 3.63) is 23.8 Å². The van der Waals surface area contributed by atoms with E-state index in [9.17, 15) is 4.79 Å². The summed E-state index contributed by atoms with van der Waals surface area (Å²) >= 11 is 1.43. The molecule has 1 aromatic heterocycles. The molecule has 5 heteroatoms. The summed E-state index contributed by atoms with van der Waals surface area (Å²) in [5.41, 5.74) is 1.85. The van der Waals surface area contributed by atoms with E-state index in [0.717, 1.165) is 0 Å². The first kappa shape index (κ1) is 11.0. The molecule has 0 saturated heterocycles. The quantitative estimate of drug-likeness (QED) is 0.607. The fraction of sp³-hybridized carbons (Fsp3) is 0.273. The van der Waals surface area contributed by atoms with Gasteiger partial charge in [0.2, 0.25) is 0 Å². The molecule has 0 aliphatic heterocycles. The molecule has 0 unspecified atom stereocenters. The van der Waals surface area contributed by atoms with Crippen LogP contribution in [0, 0.1) is 0 Å². The second-order valence-electron chi connectivity index (χ2n) is 3.09. The number of aromatic nitrogens is 1. The second-order valence-corrected chi connectivity index (χ2v) is 3.84. The van der Waals surface area contributed by atoms with Crippen LogP contribution in [-0.2, 0) is 4.74 Å². The summed E-state index contributed by atoms with van der Waals surface area (Å²) < 4.78 is 10.3.